The van der Waals surface area contributed by atoms with Crippen molar-refractivity contribution in [2.75, 3.05) is 18.1 Å². The smallest absolute Gasteiger partial charge is 0.158 e. The quantitative estimate of drug-likeness (QED) is 0.720. The molecule has 1 aromatic rings. The molecule has 0 saturated heterocycles. The molecule has 2 rings (SSSR count). The van der Waals surface area contributed by atoms with E-state index in [1.165, 1.54) is 12.8 Å². The van der Waals surface area contributed by atoms with Crippen LogP contribution in [0.1, 0.15) is 39.4 Å². The normalized spacial score (nSPS) is 15.0. The zero-order chi connectivity index (χ0) is 13.8. The minimum absolute atomic E-state index is 0.409. The SMILES string of the molecule is CCOCc1nc(Cl)cc(N(CC2CC2)C(C)C)n1. The van der Waals surface area contributed by atoms with Crippen LogP contribution in [0.2, 0.25) is 5.15 Å². The van der Waals surface area contributed by atoms with Crippen LogP contribution in [0.5, 0.6) is 0 Å². The molecule has 0 radical (unpaired) electrons. The highest BCUT2D eigenvalue weighted by Gasteiger charge is 2.26. The molecule has 0 N–H and O–H groups in total. The van der Waals surface area contributed by atoms with Crippen molar-refractivity contribution >= 4 is 17.4 Å². The predicted octanol–water partition coefficient (Wildman–Crippen LogP) is 3.29. The van der Waals surface area contributed by atoms with Gasteiger partial charge < -0.3 is 9.64 Å². The number of hydrogen-bond acceptors (Lipinski definition) is 4. The molecule has 0 bridgehead atoms. The lowest BCUT2D eigenvalue weighted by molar-refractivity contribution is 0.128. The van der Waals surface area contributed by atoms with Crippen LogP contribution in [0.25, 0.3) is 0 Å². The summed E-state index contributed by atoms with van der Waals surface area (Å²) in [6.07, 6.45) is 2.65. The summed E-state index contributed by atoms with van der Waals surface area (Å²) >= 11 is 6.10. The van der Waals surface area contributed by atoms with E-state index in [1.807, 2.05) is 13.0 Å². The van der Waals surface area contributed by atoms with E-state index in [9.17, 15) is 0 Å². The molecule has 1 aromatic heterocycles. The van der Waals surface area contributed by atoms with E-state index in [0.29, 0.717) is 30.2 Å². The van der Waals surface area contributed by atoms with Gasteiger partial charge in [-0.05, 0) is 39.5 Å². The first-order valence-corrected chi connectivity index (χ1v) is 7.35. The van der Waals surface area contributed by atoms with Crippen molar-refractivity contribution in [1.29, 1.82) is 0 Å². The molecule has 1 heterocycles. The fourth-order valence-electron chi connectivity index (χ4n) is 2.00. The first-order chi connectivity index (χ1) is 9.10. The molecule has 1 saturated carbocycles. The van der Waals surface area contributed by atoms with Crippen molar-refractivity contribution in [3.8, 4) is 0 Å². The van der Waals surface area contributed by atoms with Gasteiger partial charge in [-0.1, -0.05) is 11.6 Å². The topological polar surface area (TPSA) is 38.2 Å². The van der Waals surface area contributed by atoms with Crippen LogP contribution in [0.15, 0.2) is 6.07 Å². The van der Waals surface area contributed by atoms with Gasteiger partial charge in [0.25, 0.3) is 0 Å². The number of ether oxygens (including phenoxy) is 1. The Bertz CT molecular complexity index is 421. The van der Waals surface area contributed by atoms with E-state index in [1.54, 1.807) is 0 Å². The number of halogens is 1. The Kier molecular flexibility index (Phi) is 4.99. The maximum absolute atomic E-state index is 6.10. The van der Waals surface area contributed by atoms with Crippen LogP contribution in [0.3, 0.4) is 0 Å². The molecule has 1 aliphatic carbocycles. The summed E-state index contributed by atoms with van der Waals surface area (Å²) in [4.78, 5) is 11.1. The second kappa shape index (κ2) is 6.53. The molecule has 5 heteroatoms. The van der Waals surface area contributed by atoms with E-state index in [2.05, 4.69) is 28.7 Å². The average molecular weight is 284 g/mol. The summed E-state index contributed by atoms with van der Waals surface area (Å²) in [5, 5.41) is 0.487. The molecule has 0 amide bonds. The average Bonchev–Trinajstić information content (AvgIpc) is 3.16. The number of anilines is 1. The summed E-state index contributed by atoms with van der Waals surface area (Å²) in [6, 6.07) is 2.26. The largest absolute Gasteiger partial charge is 0.374 e. The highest BCUT2D eigenvalue weighted by Crippen LogP contribution is 2.32. The maximum atomic E-state index is 6.10. The molecule has 0 aliphatic heterocycles. The lowest BCUT2D eigenvalue weighted by Gasteiger charge is -2.28. The second-order valence-corrected chi connectivity index (χ2v) is 5.68. The maximum Gasteiger partial charge on any atom is 0.158 e. The van der Waals surface area contributed by atoms with Crippen molar-refractivity contribution in [3.63, 3.8) is 0 Å². The third-order valence-corrected chi connectivity index (χ3v) is 3.43. The summed E-state index contributed by atoms with van der Waals surface area (Å²) in [6.45, 7) is 8.44. The molecule has 4 nitrogen and oxygen atoms in total. The number of nitrogens with zero attached hydrogens (tertiary/aromatic N) is 3. The first-order valence-electron chi connectivity index (χ1n) is 6.98. The minimum Gasteiger partial charge on any atom is -0.374 e. The van der Waals surface area contributed by atoms with Crippen LogP contribution >= 0.6 is 11.6 Å². The zero-order valence-electron chi connectivity index (χ0n) is 11.9. The van der Waals surface area contributed by atoms with E-state index in [-0.39, 0.29) is 0 Å². The van der Waals surface area contributed by atoms with Crippen molar-refractivity contribution < 1.29 is 4.74 Å². The third kappa shape index (κ3) is 4.32. The Morgan fingerprint density at radius 1 is 1.42 bits per heavy atom. The van der Waals surface area contributed by atoms with Crippen LogP contribution in [-0.4, -0.2) is 29.2 Å². The van der Waals surface area contributed by atoms with Crippen LogP contribution in [-0.2, 0) is 11.3 Å². The van der Waals surface area contributed by atoms with Crippen molar-refractivity contribution in [2.24, 2.45) is 5.92 Å². The molecular formula is C14H22ClN3O. The number of hydrogen-bond donors (Lipinski definition) is 0. The lowest BCUT2D eigenvalue weighted by atomic mass is 10.2. The molecular weight excluding hydrogens is 262 g/mol. The van der Waals surface area contributed by atoms with E-state index in [4.69, 9.17) is 16.3 Å². The molecule has 19 heavy (non-hydrogen) atoms. The number of rotatable bonds is 7. The summed E-state index contributed by atoms with van der Waals surface area (Å²) < 4.78 is 5.36. The third-order valence-electron chi connectivity index (χ3n) is 3.23. The van der Waals surface area contributed by atoms with Crippen molar-refractivity contribution in [2.45, 2.75) is 46.3 Å². The Hall–Kier alpha value is -0.870. The molecule has 106 valence electrons. The molecule has 0 aromatic carbocycles. The van der Waals surface area contributed by atoms with Gasteiger partial charge in [-0.15, -0.1) is 0 Å². The summed E-state index contributed by atoms with van der Waals surface area (Å²) in [5.41, 5.74) is 0. The van der Waals surface area contributed by atoms with E-state index >= 15 is 0 Å². The minimum atomic E-state index is 0.409. The second-order valence-electron chi connectivity index (χ2n) is 5.29. The zero-order valence-corrected chi connectivity index (χ0v) is 12.7. The molecule has 0 spiro atoms. The van der Waals surface area contributed by atoms with Gasteiger partial charge in [-0.2, -0.15) is 0 Å². The van der Waals surface area contributed by atoms with E-state index < -0.39 is 0 Å². The van der Waals surface area contributed by atoms with Gasteiger partial charge in [0.15, 0.2) is 5.82 Å². The fraction of sp³-hybridized carbons (Fsp3) is 0.714. The summed E-state index contributed by atoms with van der Waals surface area (Å²) in [7, 11) is 0. The van der Waals surface area contributed by atoms with E-state index in [0.717, 1.165) is 18.3 Å². The van der Waals surface area contributed by atoms with Crippen LogP contribution < -0.4 is 4.90 Å². The summed E-state index contributed by atoms with van der Waals surface area (Å²) in [5.74, 6) is 2.38. The standard InChI is InChI=1S/C14H22ClN3O/c1-4-19-9-13-16-12(15)7-14(17-13)18(10(2)3)8-11-5-6-11/h7,10-11H,4-6,8-9H2,1-3H3. The van der Waals surface area contributed by atoms with Gasteiger partial charge in [-0.25, -0.2) is 9.97 Å². The molecule has 0 atom stereocenters. The van der Waals surface area contributed by atoms with Gasteiger partial charge in [-0.3, -0.25) is 0 Å². The van der Waals surface area contributed by atoms with Crippen molar-refractivity contribution in [1.82, 2.24) is 9.97 Å². The highest BCUT2D eigenvalue weighted by atomic mass is 35.5. The van der Waals surface area contributed by atoms with Crippen LogP contribution in [0, 0.1) is 5.92 Å². The van der Waals surface area contributed by atoms with Gasteiger partial charge in [0, 0.05) is 25.3 Å². The molecule has 1 aliphatic rings. The number of aromatic nitrogens is 2. The Balaban J connectivity index is 2.17. The van der Waals surface area contributed by atoms with Gasteiger partial charge >= 0.3 is 0 Å². The Morgan fingerprint density at radius 2 is 2.16 bits per heavy atom. The highest BCUT2D eigenvalue weighted by molar-refractivity contribution is 6.29. The lowest BCUT2D eigenvalue weighted by Crippen LogP contribution is -2.33. The fourth-order valence-corrected chi connectivity index (χ4v) is 2.20. The Labute approximate surface area is 120 Å². The first kappa shape index (κ1) is 14.5. The van der Waals surface area contributed by atoms with Gasteiger partial charge in [0.2, 0.25) is 0 Å². The Morgan fingerprint density at radius 3 is 2.74 bits per heavy atom. The van der Waals surface area contributed by atoms with Gasteiger partial charge in [0.05, 0.1) is 0 Å². The van der Waals surface area contributed by atoms with Gasteiger partial charge in [0.1, 0.15) is 17.6 Å². The predicted molar refractivity (Wildman–Crippen MR) is 77.6 cm³/mol. The molecule has 0 unspecified atom stereocenters. The van der Waals surface area contributed by atoms with Crippen molar-refractivity contribution in [3.05, 3.63) is 17.0 Å². The molecule has 1 fully saturated rings. The van der Waals surface area contributed by atoms with Crippen LogP contribution in [0.4, 0.5) is 5.82 Å². The monoisotopic (exact) mass is 283 g/mol.